The number of hydrogen-bond acceptors (Lipinski definition) is 1. The van der Waals surface area contributed by atoms with E-state index in [0.717, 1.165) is 17.1 Å². The second kappa shape index (κ2) is 11.2. The molecule has 0 saturated heterocycles. The van der Waals surface area contributed by atoms with Gasteiger partial charge in [-0.2, -0.15) is 0 Å². The highest BCUT2D eigenvalue weighted by Crippen LogP contribution is 2.38. The third-order valence-corrected chi connectivity index (χ3v) is 5.72. The Bertz CT molecular complexity index is 1220. The van der Waals surface area contributed by atoms with Gasteiger partial charge < -0.3 is 4.90 Å². The molecule has 0 heterocycles. The van der Waals surface area contributed by atoms with Crippen molar-refractivity contribution in [3.8, 4) is 22.3 Å². The van der Waals surface area contributed by atoms with Crippen molar-refractivity contribution in [2.24, 2.45) is 0 Å². The minimum Gasteiger partial charge on any atom is -0.310 e. The Morgan fingerprint density at radius 3 is 1.24 bits per heavy atom. The van der Waals surface area contributed by atoms with Gasteiger partial charge in [-0.15, -0.1) is 0 Å². The standard InChI is InChI=1S/C31H25N.C2H6/c1-24-18-20-29(21-19-24)32(30-16-8-14-27(22-30)25-10-4-2-5-11-25)31-17-9-15-28(23-31)26-12-6-3-7-13-26;1-2/h2-23H,1H3;1-2H3. The van der Waals surface area contributed by atoms with Crippen LogP contribution in [0.1, 0.15) is 19.4 Å². The van der Waals surface area contributed by atoms with E-state index in [2.05, 4.69) is 145 Å². The van der Waals surface area contributed by atoms with Crippen LogP contribution in [0.5, 0.6) is 0 Å². The largest absolute Gasteiger partial charge is 0.310 e. The molecule has 0 fully saturated rings. The van der Waals surface area contributed by atoms with Crippen LogP contribution in [0.3, 0.4) is 0 Å². The zero-order chi connectivity index (χ0) is 23.8. The van der Waals surface area contributed by atoms with Gasteiger partial charge in [0, 0.05) is 17.1 Å². The third-order valence-electron chi connectivity index (χ3n) is 5.72. The molecule has 0 amide bonds. The zero-order valence-corrected chi connectivity index (χ0v) is 20.1. The molecule has 0 unspecified atom stereocenters. The van der Waals surface area contributed by atoms with Gasteiger partial charge in [0.05, 0.1) is 0 Å². The summed E-state index contributed by atoms with van der Waals surface area (Å²) in [5, 5.41) is 0. The Hall–Kier alpha value is -4.10. The Balaban J connectivity index is 0.00000133. The highest BCUT2D eigenvalue weighted by molar-refractivity contribution is 5.82. The predicted molar refractivity (Wildman–Crippen MR) is 148 cm³/mol. The number of benzene rings is 5. The average Bonchev–Trinajstić information content (AvgIpc) is 2.92. The first-order valence-corrected chi connectivity index (χ1v) is 12.0. The number of rotatable bonds is 5. The third kappa shape index (κ3) is 5.27. The summed E-state index contributed by atoms with van der Waals surface area (Å²) in [6.45, 7) is 6.13. The van der Waals surface area contributed by atoms with Crippen molar-refractivity contribution in [2.75, 3.05) is 4.90 Å². The summed E-state index contributed by atoms with van der Waals surface area (Å²) in [5.74, 6) is 0. The van der Waals surface area contributed by atoms with E-state index < -0.39 is 0 Å². The summed E-state index contributed by atoms with van der Waals surface area (Å²) in [6.07, 6.45) is 0. The normalized spacial score (nSPS) is 10.2. The van der Waals surface area contributed by atoms with Crippen LogP contribution < -0.4 is 4.90 Å². The van der Waals surface area contributed by atoms with Gasteiger partial charge in [-0.05, 0) is 65.6 Å². The second-order valence-electron chi connectivity index (χ2n) is 8.00. The van der Waals surface area contributed by atoms with Crippen LogP contribution in [0, 0.1) is 6.92 Å². The van der Waals surface area contributed by atoms with Gasteiger partial charge in [0.25, 0.3) is 0 Å². The first-order chi connectivity index (χ1) is 16.8. The lowest BCUT2D eigenvalue weighted by Gasteiger charge is -2.26. The summed E-state index contributed by atoms with van der Waals surface area (Å²) in [5.41, 5.74) is 9.53. The molecule has 5 aromatic rings. The molecular formula is C33H31N. The molecule has 0 aliphatic rings. The van der Waals surface area contributed by atoms with E-state index >= 15 is 0 Å². The van der Waals surface area contributed by atoms with E-state index in [4.69, 9.17) is 0 Å². The minimum atomic E-state index is 1.14. The Morgan fingerprint density at radius 1 is 0.382 bits per heavy atom. The van der Waals surface area contributed by atoms with E-state index in [9.17, 15) is 0 Å². The SMILES string of the molecule is CC.Cc1ccc(N(c2cccc(-c3ccccc3)c2)c2cccc(-c3ccccc3)c2)cc1. The quantitative estimate of drug-likeness (QED) is 0.262. The first-order valence-electron chi connectivity index (χ1n) is 12.0. The van der Waals surface area contributed by atoms with Gasteiger partial charge in [0.1, 0.15) is 0 Å². The van der Waals surface area contributed by atoms with Crippen LogP contribution >= 0.6 is 0 Å². The van der Waals surface area contributed by atoms with Gasteiger partial charge in [-0.3, -0.25) is 0 Å². The summed E-state index contributed by atoms with van der Waals surface area (Å²) in [6, 6.07) is 47.3. The molecule has 0 saturated carbocycles. The molecule has 0 bridgehead atoms. The minimum absolute atomic E-state index is 1.14. The summed E-state index contributed by atoms with van der Waals surface area (Å²) >= 11 is 0. The van der Waals surface area contributed by atoms with Crippen molar-refractivity contribution < 1.29 is 0 Å². The van der Waals surface area contributed by atoms with Gasteiger partial charge in [0.15, 0.2) is 0 Å². The highest BCUT2D eigenvalue weighted by Gasteiger charge is 2.14. The van der Waals surface area contributed by atoms with E-state index in [0.29, 0.717) is 0 Å². The molecule has 0 atom stereocenters. The summed E-state index contributed by atoms with van der Waals surface area (Å²) < 4.78 is 0. The molecular weight excluding hydrogens is 410 g/mol. The Morgan fingerprint density at radius 2 is 0.794 bits per heavy atom. The van der Waals surface area contributed by atoms with Crippen molar-refractivity contribution in [1.29, 1.82) is 0 Å². The maximum Gasteiger partial charge on any atom is 0.0467 e. The van der Waals surface area contributed by atoms with Gasteiger partial charge >= 0.3 is 0 Å². The molecule has 5 aromatic carbocycles. The Kier molecular flexibility index (Phi) is 7.57. The lowest BCUT2D eigenvalue weighted by atomic mass is 10.0. The molecule has 0 aromatic heterocycles. The van der Waals surface area contributed by atoms with E-state index in [1.807, 2.05) is 13.8 Å². The van der Waals surface area contributed by atoms with Crippen LogP contribution in [0.25, 0.3) is 22.3 Å². The smallest absolute Gasteiger partial charge is 0.0467 e. The van der Waals surface area contributed by atoms with Gasteiger partial charge in [0.2, 0.25) is 0 Å². The zero-order valence-electron chi connectivity index (χ0n) is 20.1. The molecule has 5 rings (SSSR count). The molecule has 0 spiro atoms. The fourth-order valence-corrected chi connectivity index (χ4v) is 4.05. The van der Waals surface area contributed by atoms with Crippen LogP contribution in [0.2, 0.25) is 0 Å². The van der Waals surface area contributed by atoms with Crippen LogP contribution in [-0.2, 0) is 0 Å². The topological polar surface area (TPSA) is 3.24 Å². The lowest BCUT2D eigenvalue weighted by Crippen LogP contribution is -2.10. The maximum absolute atomic E-state index is 2.33. The highest BCUT2D eigenvalue weighted by atomic mass is 15.1. The fourth-order valence-electron chi connectivity index (χ4n) is 4.05. The molecule has 0 N–H and O–H groups in total. The van der Waals surface area contributed by atoms with Crippen molar-refractivity contribution in [1.82, 2.24) is 0 Å². The van der Waals surface area contributed by atoms with E-state index in [-0.39, 0.29) is 0 Å². The fraction of sp³-hybridized carbons (Fsp3) is 0.0909. The van der Waals surface area contributed by atoms with Crippen LogP contribution in [0.4, 0.5) is 17.1 Å². The molecule has 1 heteroatoms. The Labute approximate surface area is 204 Å². The molecule has 168 valence electrons. The summed E-state index contributed by atoms with van der Waals surface area (Å²) in [7, 11) is 0. The van der Waals surface area contributed by atoms with E-state index in [1.165, 1.54) is 27.8 Å². The predicted octanol–water partition coefficient (Wildman–Crippen LogP) is 9.83. The molecule has 0 aliphatic carbocycles. The van der Waals surface area contributed by atoms with Crippen molar-refractivity contribution in [3.63, 3.8) is 0 Å². The van der Waals surface area contributed by atoms with Gasteiger partial charge in [-0.25, -0.2) is 0 Å². The molecule has 34 heavy (non-hydrogen) atoms. The van der Waals surface area contributed by atoms with Crippen LogP contribution in [-0.4, -0.2) is 0 Å². The monoisotopic (exact) mass is 441 g/mol. The number of nitrogens with zero attached hydrogens (tertiary/aromatic N) is 1. The maximum atomic E-state index is 2.33. The van der Waals surface area contributed by atoms with Crippen molar-refractivity contribution in [2.45, 2.75) is 20.8 Å². The molecule has 0 radical (unpaired) electrons. The lowest BCUT2D eigenvalue weighted by molar-refractivity contribution is 1.27. The van der Waals surface area contributed by atoms with Gasteiger partial charge in [-0.1, -0.05) is 116 Å². The first kappa shape index (κ1) is 23.1. The number of aryl methyl sites for hydroxylation is 1. The molecule has 0 aliphatic heterocycles. The summed E-state index contributed by atoms with van der Waals surface area (Å²) in [4.78, 5) is 2.33. The second-order valence-corrected chi connectivity index (χ2v) is 8.00. The van der Waals surface area contributed by atoms with E-state index in [1.54, 1.807) is 0 Å². The number of anilines is 3. The number of hydrogen-bond donors (Lipinski definition) is 0. The van der Waals surface area contributed by atoms with Crippen molar-refractivity contribution >= 4 is 17.1 Å². The molecule has 1 nitrogen and oxygen atoms in total. The van der Waals surface area contributed by atoms with Crippen molar-refractivity contribution in [3.05, 3.63) is 139 Å². The van der Waals surface area contributed by atoms with Crippen LogP contribution in [0.15, 0.2) is 133 Å². The average molecular weight is 442 g/mol.